The molecule has 0 amide bonds. The second kappa shape index (κ2) is 5.26. The summed E-state index contributed by atoms with van der Waals surface area (Å²) in [7, 11) is 0. The lowest BCUT2D eigenvalue weighted by molar-refractivity contribution is 0.269. The molecule has 0 unspecified atom stereocenters. The summed E-state index contributed by atoms with van der Waals surface area (Å²) >= 11 is 3.42. The lowest BCUT2D eigenvalue weighted by Crippen LogP contribution is -1.95. The number of benzene rings is 1. The predicted molar refractivity (Wildman–Crippen MR) is 80.1 cm³/mol. The highest BCUT2D eigenvalue weighted by Crippen LogP contribution is 2.30. The SMILES string of the molecule is Cc1ccc(Br)cc1Oc1nc2ccccn2c1CO. The summed E-state index contributed by atoms with van der Waals surface area (Å²) in [6.45, 7) is 1.84. The van der Waals surface area contributed by atoms with Crippen molar-refractivity contribution in [2.75, 3.05) is 0 Å². The molecule has 0 atom stereocenters. The molecule has 1 N–H and O–H groups in total. The average Bonchev–Trinajstić information content (AvgIpc) is 2.80. The Kier molecular flexibility index (Phi) is 3.46. The van der Waals surface area contributed by atoms with Crippen molar-refractivity contribution in [2.45, 2.75) is 13.5 Å². The van der Waals surface area contributed by atoms with Gasteiger partial charge in [-0.3, -0.25) is 4.40 Å². The fourth-order valence-electron chi connectivity index (χ4n) is 2.04. The van der Waals surface area contributed by atoms with Crippen LogP contribution in [0.5, 0.6) is 11.6 Å². The monoisotopic (exact) mass is 332 g/mol. The number of hydrogen-bond donors (Lipinski definition) is 1. The standard InChI is InChI=1S/C15H13BrN2O2/c1-10-5-6-11(16)8-13(10)20-15-12(9-19)18-7-3-2-4-14(18)17-15/h2-8,19H,9H2,1H3. The molecule has 0 aliphatic carbocycles. The van der Waals surface area contributed by atoms with Crippen LogP contribution < -0.4 is 4.74 Å². The van der Waals surface area contributed by atoms with Gasteiger partial charge in [0.05, 0.1) is 6.61 Å². The van der Waals surface area contributed by atoms with Crippen molar-refractivity contribution >= 4 is 21.6 Å². The van der Waals surface area contributed by atoms with Crippen molar-refractivity contribution in [1.82, 2.24) is 9.38 Å². The zero-order valence-electron chi connectivity index (χ0n) is 10.9. The molecule has 0 saturated heterocycles. The highest BCUT2D eigenvalue weighted by Gasteiger charge is 2.14. The Morgan fingerprint density at radius 2 is 2.15 bits per heavy atom. The van der Waals surface area contributed by atoms with Gasteiger partial charge in [0.15, 0.2) is 0 Å². The van der Waals surface area contributed by atoms with E-state index in [4.69, 9.17) is 4.74 Å². The van der Waals surface area contributed by atoms with E-state index in [1.54, 1.807) is 0 Å². The predicted octanol–water partition coefficient (Wildman–Crippen LogP) is 3.69. The van der Waals surface area contributed by atoms with Crippen molar-refractivity contribution in [2.24, 2.45) is 0 Å². The Labute approximate surface area is 124 Å². The first-order valence-corrected chi connectivity index (χ1v) is 6.99. The third-order valence-electron chi connectivity index (χ3n) is 3.10. The molecule has 2 aromatic heterocycles. The molecule has 3 rings (SSSR count). The molecule has 4 nitrogen and oxygen atoms in total. The summed E-state index contributed by atoms with van der Waals surface area (Å²) in [5.41, 5.74) is 2.40. The van der Waals surface area contributed by atoms with Crippen LogP contribution in [0, 0.1) is 6.92 Å². The first-order valence-electron chi connectivity index (χ1n) is 6.20. The first kappa shape index (κ1) is 13.1. The van der Waals surface area contributed by atoms with E-state index in [1.807, 2.05) is 53.9 Å². The molecule has 0 fully saturated rings. The molecule has 0 spiro atoms. The molecule has 20 heavy (non-hydrogen) atoms. The molecule has 2 heterocycles. The van der Waals surface area contributed by atoms with E-state index in [1.165, 1.54) is 0 Å². The van der Waals surface area contributed by atoms with Crippen LogP contribution in [0.2, 0.25) is 0 Å². The molecule has 0 saturated carbocycles. The summed E-state index contributed by atoms with van der Waals surface area (Å²) < 4.78 is 8.63. The van der Waals surface area contributed by atoms with Crippen molar-refractivity contribution < 1.29 is 9.84 Å². The summed E-state index contributed by atoms with van der Waals surface area (Å²) in [5.74, 6) is 1.15. The molecule has 102 valence electrons. The number of nitrogens with zero attached hydrogens (tertiary/aromatic N) is 2. The van der Waals surface area contributed by atoms with Crippen molar-refractivity contribution in [3.05, 3.63) is 58.3 Å². The Hall–Kier alpha value is -1.85. The van der Waals surface area contributed by atoms with E-state index in [0.29, 0.717) is 11.6 Å². The molecule has 0 radical (unpaired) electrons. The largest absolute Gasteiger partial charge is 0.437 e. The minimum absolute atomic E-state index is 0.131. The van der Waals surface area contributed by atoms with E-state index in [0.717, 1.165) is 21.4 Å². The second-order valence-corrected chi connectivity index (χ2v) is 5.38. The summed E-state index contributed by atoms with van der Waals surface area (Å²) in [5, 5.41) is 9.56. The molecule has 1 aromatic carbocycles. The van der Waals surface area contributed by atoms with Crippen LogP contribution in [0.15, 0.2) is 47.1 Å². The van der Waals surface area contributed by atoms with Gasteiger partial charge in [0.25, 0.3) is 0 Å². The van der Waals surface area contributed by atoms with E-state index in [9.17, 15) is 5.11 Å². The van der Waals surface area contributed by atoms with Gasteiger partial charge in [-0.25, -0.2) is 0 Å². The van der Waals surface area contributed by atoms with Gasteiger partial charge in [0, 0.05) is 10.7 Å². The van der Waals surface area contributed by atoms with Gasteiger partial charge in [-0.2, -0.15) is 4.98 Å². The summed E-state index contributed by atoms with van der Waals surface area (Å²) in [6, 6.07) is 11.5. The van der Waals surface area contributed by atoms with Gasteiger partial charge in [-0.15, -0.1) is 0 Å². The molecule has 0 aliphatic heterocycles. The number of aliphatic hydroxyl groups excluding tert-OH is 1. The first-order chi connectivity index (χ1) is 9.69. The van der Waals surface area contributed by atoms with E-state index >= 15 is 0 Å². The number of imidazole rings is 1. The van der Waals surface area contributed by atoms with Gasteiger partial charge in [-0.1, -0.05) is 28.1 Å². The third kappa shape index (κ3) is 2.30. The van der Waals surface area contributed by atoms with E-state index in [2.05, 4.69) is 20.9 Å². The number of rotatable bonds is 3. The molecular weight excluding hydrogens is 320 g/mol. The number of pyridine rings is 1. The van der Waals surface area contributed by atoms with Crippen LogP contribution in [-0.4, -0.2) is 14.5 Å². The van der Waals surface area contributed by atoms with Gasteiger partial charge in [-0.05, 0) is 36.8 Å². The van der Waals surface area contributed by atoms with Crippen LogP contribution in [0.25, 0.3) is 5.65 Å². The number of fused-ring (bicyclic) bond motifs is 1. The summed E-state index contributed by atoms with van der Waals surface area (Å²) in [4.78, 5) is 4.42. The molecule has 5 heteroatoms. The Bertz CT molecular complexity index is 768. The molecular formula is C15H13BrN2O2. The van der Waals surface area contributed by atoms with Crippen molar-refractivity contribution in [3.8, 4) is 11.6 Å². The minimum atomic E-state index is -0.131. The smallest absolute Gasteiger partial charge is 0.243 e. The van der Waals surface area contributed by atoms with Crippen LogP contribution in [0.1, 0.15) is 11.3 Å². The van der Waals surface area contributed by atoms with Gasteiger partial charge >= 0.3 is 0 Å². The number of aromatic nitrogens is 2. The second-order valence-electron chi connectivity index (χ2n) is 4.46. The number of ether oxygens (including phenoxy) is 1. The Morgan fingerprint density at radius 3 is 2.95 bits per heavy atom. The van der Waals surface area contributed by atoms with Crippen LogP contribution >= 0.6 is 15.9 Å². The zero-order chi connectivity index (χ0) is 14.1. The normalized spacial score (nSPS) is 10.9. The Balaban J connectivity index is 2.08. The molecule has 0 bridgehead atoms. The number of aryl methyl sites for hydroxylation is 1. The lowest BCUT2D eigenvalue weighted by atomic mass is 10.2. The molecule has 3 aromatic rings. The van der Waals surface area contributed by atoms with Crippen molar-refractivity contribution in [1.29, 1.82) is 0 Å². The average molecular weight is 333 g/mol. The van der Waals surface area contributed by atoms with Gasteiger partial charge < -0.3 is 9.84 Å². The Morgan fingerprint density at radius 1 is 1.30 bits per heavy atom. The maximum Gasteiger partial charge on any atom is 0.243 e. The van der Waals surface area contributed by atoms with E-state index < -0.39 is 0 Å². The van der Waals surface area contributed by atoms with Crippen LogP contribution in [0.3, 0.4) is 0 Å². The van der Waals surface area contributed by atoms with Gasteiger partial charge in [0.2, 0.25) is 5.88 Å². The number of halogens is 1. The highest BCUT2D eigenvalue weighted by atomic mass is 79.9. The van der Waals surface area contributed by atoms with Gasteiger partial charge in [0.1, 0.15) is 17.1 Å². The lowest BCUT2D eigenvalue weighted by Gasteiger charge is -2.08. The maximum atomic E-state index is 9.56. The maximum absolute atomic E-state index is 9.56. The van der Waals surface area contributed by atoms with E-state index in [-0.39, 0.29) is 6.61 Å². The minimum Gasteiger partial charge on any atom is -0.437 e. The fourth-order valence-corrected chi connectivity index (χ4v) is 2.38. The van der Waals surface area contributed by atoms with Crippen LogP contribution in [-0.2, 0) is 6.61 Å². The number of aliphatic hydroxyl groups is 1. The van der Waals surface area contributed by atoms with Crippen LogP contribution in [0.4, 0.5) is 0 Å². The highest BCUT2D eigenvalue weighted by molar-refractivity contribution is 9.10. The van der Waals surface area contributed by atoms with Crippen molar-refractivity contribution in [3.63, 3.8) is 0 Å². The fraction of sp³-hybridized carbons (Fsp3) is 0.133. The third-order valence-corrected chi connectivity index (χ3v) is 3.59. The zero-order valence-corrected chi connectivity index (χ0v) is 12.5. The summed E-state index contributed by atoms with van der Waals surface area (Å²) in [6.07, 6.45) is 1.86. The topological polar surface area (TPSA) is 46.8 Å². The molecule has 0 aliphatic rings. The quantitative estimate of drug-likeness (QED) is 0.795. The number of hydrogen-bond acceptors (Lipinski definition) is 3.